The van der Waals surface area contributed by atoms with E-state index in [2.05, 4.69) is 11.9 Å². The van der Waals surface area contributed by atoms with Gasteiger partial charge in [-0.3, -0.25) is 0 Å². The van der Waals surface area contributed by atoms with E-state index in [-0.39, 0.29) is 0 Å². The summed E-state index contributed by atoms with van der Waals surface area (Å²) in [6.07, 6.45) is 7.51. The number of hydrogen-bond donors (Lipinski definition) is 0. The number of nitrogens with zero attached hydrogens (tertiary/aromatic N) is 2. The molecule has 2 atom stereocenters. The fraction of sp³-hybridized carbons (Fsp3) is 1.00. The molecular weight excluding hydrogens is 272 g/mol. The first-order valence-corrected chi connectivity index (χ1v) is 9.86. The van der Waals surface area contributed by atoms with Gasteiger partial charge >= 0.3 is 0 Å². The molecular formula is C15H30N2O2S. The van der Waals surface area contributed by atoms with E-state index in [4.69, 9.17) is 0 Å². The van der Waals surface area contributed by atoms with Gasteiger partial charge in [-0.2, -0.15) is 0 Å². The van der Waals surface area contributed by atoms with Crippen molar-refractivity contribution in [1.82, 2.24) is 9.80 Å². The Morgan fingerprint density at radius 1 is 0.800 bits per heavy atom. The molecule has 0 aromatic carbocycles. The standard InChI is InChI=1S/C10H19N.C5H11NO2S/c1-11-7-6-9-4-2-3-5-10(9)8-11;1-6-2-4-9(7,8)5-3-6/h9-10H,2-8H2,1H3;2-5H2,1H3. The molecule has 118 valence electrons. The zero-order valence-electron chi connectivity index (χ0n) is 13.1. The number of piperidine rings is 1. The molecule has 2 unspecified atom stereocenters. The molecule has 2 saturated heterocycles. The molecule has 0 amide bonds. The van der Waals surface area contributed by atoms with Gasteiger partial charge in [0.15, 0.2) is 9.84 Å². The fourth-order valence-corrected chi connectivity index (χ4v) is 4.97. The van der Waals surface area contributed by atoms with Crippen LogP contribution in [0.2, 0.25) is 0 Å². The van der Waals surface area contributed by atoms with E-state index in [0.717, 1.165) is 11.8 Å². The highest BCUT2D eigenvalue weighted by Gasteiger charge is 2.29. The van der Waals surface area contributed by atoms with Gasteiger partial charge in [0.2, 0.25) is 0 Å². The number of rotatable bonds is 0. The Labute approximate surface area is 124 Å². The lowest BCUT2D eigenvalue weighted by Crippen LogP contribution is -2.39. The molecule has 0 spiro atoms. The first kappa shape index (κ1) is 16.2. The number of hydrogen-bond acceptors (Lipinski definition) is 4. The van der Waals surface area contributed by atoms with Crippen LogP contribution in [0.3, 0.4) is 0 Å². The van der Waals surface area contributed by atoms with Gasteiger partial charge in [-0.15, -0.1) is 0 Å². The summed E-state index contributed by atoms with van der Waals surface area (Å²) in [5.74, 6) is 2.83. The van der Waals surface area contributed by atoms with Gasteiger partial charge < -0.3 is 9.80 Å². The van der Waals surface area contributed by atoms with Crippen LogP contribution in [0.5, 0.6) is 0 Å². The average molecular weight is 302 g/mol. The summed E-state index contributed by atoms with van der Waals surface area (Å²) in [5.41, 5.74) is 0. The fourth-order valence-electron chi connectivity index (χ4n) is 3.59. The zero-order valence-corrected chi connectivity index (χ0v) is 13.9. The zero-order chi connectivity index (χ0) is 14.6. The third-order valence-corrected chi connectivity index (χ3v) is 6.67. The van der Waals surface area contributed by atoms with Crippen LogP contribution in [0, 0.1) is 11.8 Å². The predicted molar refractivity (Wildman–Crippen MR) is 83.7 cm³/mol. The van der Waals surface area contributed by atoms with E-state index in [9.17, 15) is 8.42 Å². The molecule has 20 heavy (non-hydrogen) atoms. The molecule has 0 bridgehead atoms. The van der Waals surface area contributed by atoms with Crippen molar-refractivity contribution < 1.29 is 8.42 Å². The lowest BCUT2D eigenvalue weighted by Gasteiger charge is -2.39. The maximum absolute atomic E-state index is 10.8. The Morgan fingerprint density at radius 3 is 2.00 bits per heavy atom. The van der Waals surface area contributed by atoms with Crippen molar-refractivity contribution in [3.8, 4) is 0 Å². The molecule has 0 aromatic heterocycles. The highest BCUT2D eigenvalue weighted by Crippen LogP contribution is 2.35. The second kappa shape index (κ2) is 7.23. The summed E-state index contributed by atoms with van der Waals surface area (Å²) in [4.78, 5) is 4.54. The van der Waals surface area contributed by atoms with Crippen LogP contribution >= 0.6 is 0 Å². The molecule has 0 aromatic rings. The van der Waals surface area contributed by atoms with Crippen molar-refractivity contribution >= 4 is 9.84 Å². The summed E-state index contributed by atoms with van der Waals surface area (Å²) in [6.45, 7) is 4.12. The predicted octanol–water partition coefficient (Wildman–Crippen LogP) is 1.47. The Kier molecular flexibility index (Phi) is 5.87. The summed E-state index contributed by atoms with van der Waals surface area (Å²) in [7, 11) is 1.55. The van der Waals surface area contributed by atoms with Gasteiger partial charge in [0.1, 0.15) is 0 Å². The van der Waals surface area contributed by atoms with Crippen molar-refractivity contribution in [2.45, 2.75) is 32.1 Å². The minimum absolute atomic E-state index is 0.337. The second-order valence-corrected chi connectivity index (χ2v) is 9.11. The minimum Gasteiger partial charge on any atom is -0.306 e. The number of sulfone groups is 1. The number of likely N-dealkylation sites (tertiary alicyclic amines) is 1. The molecule has 1 aliphatic carbocycles. The first-order valence-electron chi connectivity index (χ1n) is 8.04. The minimum atomic E-state index is -2.66. The van der Waals surface area contributed by atoms with Crippen LogP contribution in [0.25, 0.3) is 0 Å². The Morgan fingerprint density at radius 2 is 1.40 bits per heavy atom. The highest BCUT2D eigenvalue weighted by atomic mass is 32.2. The molecule has 0 N–H and O–H groups in total. The van der Waals surface area contributed by atoms with Gasteiger partial charge in [0.25, 0.3) is 0 Å². The lowest BCUT2D eigenvalue weighted by molar-refractivity contribution is 0.105. The molecule has 0 radical (unpaired) electrons. The van der Waals surface area contributed by atoms with Crippen molar-refractivity contribution in [2.24, 2.45) is 11.8 Å². The topological polar surface area (TPSA) is 40.6 Å². The maximum Gasteiger partial charge on any atom is 0.152 e. The van der Waals surface area contributed by atoms with Crippen LogP contribution < -0.4 is 0 Å². The largest absolute Gasteiger partial charge is 0.306 e. The summed E-state index contributed by atoms with van der Waals surface area (Å²) in [6, 6.07) is 0. The smallest absolute Gasteiger partial charge is 0.152 e. The molecule has 5 heteroatoms. The highest BCUT2D eigenvalue weighted by molar-refractivity contribution is 7.91. The maximum atomic E-state index is 10.8. The lowest BCUT2D eigenvalue weighted by atomic mass is 9.75. The molecule has 1 saturated carbocycles. The Hall–Kier alpha value is -0.130. The van der Waals surface area contributed by atoms with Crippen molar-refractivity contribution in [2.75, 3.05) is 51.8 Å². The van der Waals surface area contributed by atoms with Gasteiger partial charge in [-0.25, -0.2) is 8.42 Å². The van der Waals surface area contributed by atoms with Gasteiger partial charge in [0, 0.05) is 19.6 Å². The third-order valence-electron chi connectivity index (χ3n) is 5.06. The summed E-state index contributed by atoms with van der Waals surface area (Å²) >= 11 is 0. The quantitative estimate of drug-likeness (QED) is 0.679. The van der Waals surface area contributed by atoms with E-state index >= 15 is 0 Å². The Balaban J connectivity index is 0.000000151. The molecule has 3 aliphatic rings. The van der Waals surface area contributed by atoms with Gasteiger partial charge in [-0.05, 0) is 45.3 Å². The molecule has 2 heterocycles. The SMILES string of the molecule is CN1CCC2CCCCC2C1.CN1CCS(=O)(=O)CC1. The van der Waals surface area contributed by atoms with E-state index in [1.165, 1.54) is 45.2 Å². The van der Waals surface area contributed by atoms with Crippen molar-refractivity contribution in [3.05, 3.63) is 0 Å². The van der Waals surface area contributed by atoms with Crippen LogP contribution in [0.4, 0.5) is 0 Å². The monoisotopic (exact) mass is 302 g/mol. The average Bonchev–Trinajstić information content (AvgIpc) is 2.43. The van der Waals surface area contributed by atoms with Crippen LogP contribution in [-0.4, -0.2) is 70.0 Å². The van der Waals surface area contributed by atoms with Gasteiger partial charge in [-0.1, -0.05) is 19.3 Å². The van der Waals surface area contributed by atoms with Crippen molar-refractivity contribution in [3.63, 3.8) is 0 Å². The van der Waals surface area contributed by atoms with E-state index in [1.807, 2.05) is 11.9 Å². The van der Waals surface area contributed by atoms with Crippen LogP contribution in [0.15, 0.2) is 0 Å². The molecule has 3 fully saturated rings. The number of fused-ring (bicyclic) bond motifs is 1. The van der Waals surface area contributed by atoms with Crippen molar-refractivity contribution in [1.29, 1.82) is 0 Å². The molecule has 3 rings (SSSR count). The summed E-state index contributed by atoms with van der Waals surface area (Å²) < 4.78 is 21.5. The molecule has 4 nitrogen and oxygen atoms in total. The summed E-state index contributed by atoms with van der Waals surface area (Å²) in [5, 5.41) is 0. The Bertz CT molecular complexity index is 383. The second-order valence-electron chi connectivity index (χ2n) is 6.81. The molecule has 2 aliphatic heterocycles. The third kappa shape index (κ3) is 5.01. The van der Waals surface area contributed by atoms with E-state index in [1.54, 1.807) is 0 Å². The van der Waals surface area contributed by atoms with E-state index in [0.29, 0.717) is 24.6 Å². The first-order chi connectivity index (χ1) is 9.46. The van der Waals surface area contributed by atoms with Crippen LogP contribution in [0.1, 0.15) is 32.1 Å². The van der Waals surface area contributed by atoms with Crippen LogP contribution in [-0.2, 0) is 9.84 Å². The van der Waals surface area contributed by atoms with E-state index < -0.39 is 9.84 Å². The van der Waals surface area contributed by atoms with Gasteiger partial charge in [0.05, 0.1) is 11.5 Å². The normalized spacial score (nSPS) is 34.7.